The fraction of sp³-hybridized carbons (Fsp3) is 0.364. The number of nitrogens with zero attached hydrogens (tertiary/aromatic N) is 1. The molecule has 0 saturated heterocycles. The van der Waals surface area contributed by atoms with E-state index in [9.17, 15) is 4.39 Å². The maximum absolute atomic E-state index is 12.6. The quantitative estimate of drug-likeness (QED) is 0.257. The predicted molar refractivity (Wildman–Crippen MR) is 59.2 cm³/mol. The van der Waals surface area contributed by atoms with Gasteiger partial charge in [0.2, 0.25) is 0 Å². The van der Waals surface area contributed by atoms with Gasteiger partial charge in [0.25, 0.3) is 0 Å². The molecule has 0 radical (unpaired) electrons. The Morgan fingerprint density at radius 1 is 1.31 bits per heavy atom. The molecule has 0 unspecified atom stereocenters. The zero-order valence-corrected chi connectivity index (χ0v) is 8.90. The number of unbranched alkanes of at least 4 members (excludes halogenated alkanes) is 1. The van der Waals surface area contributed by atoms with Crippen molar-refractivity contribution in [3.8, 4) is 5.75 Å². The van der Waals surface area contributed by atoms with Gasteiger partial charge in [0.15, 0.2) is 0 Å². The number of benzene rings is 1. The third kappa shape index (κ3) is 4.63. The summed E-state index contributed by atoms with van der Waals surface area (Å²) in [6.07, 6.45) is 2.13. The van der Waals surface area contributed by atoms with Crippen LogP contribution < -0.4 is 10.5 Å². The van der Waals surface area contributed by atoms with Crippen LogP contribution in [0.25, 0.3) is 0 Å². The lowest BCUT2D eigenvalue weighted by Gasteiger charge is -2.05. The fourth-order valence-corrected chi connectivity index (χ4v) is 1.18. The number of ether oxygens (including phenoxy) is 1. The Bertz CT molecular complexity index is 338. The Morgan fingerprint density at radius 3 is 2.62 bits per heavy atom. The summed E-state index contributed by atoms with van der Waals surface area (Å²) >= 11 is 0. The topological polar surface area (TPSA) is 67.8 Å². The van der Waals surface area contributed by atoms with Gasteiger partial charge in [0, 0.05) is 6.42 Å². The third-order valence-corrected chi connectivity index (χ3v) is 2.04. The molecular formula is C11H15FN2O2. The van der Waals surface area contributed by atoms with Crippen LogP contribution in [0.5, 0.6) is 5.75 Å². The molecule has 0 atom stereocenters. The van der Waals surface area contributed by atoms with E-state index in [1.807, 2.05) is 0 Å². The van der Waals surface area contributed by atoms with E-state index >= 15 is 0 Å². The number of rotatable bonds is 6. The van der Waals surface area contributed by atoms with Crippen molar-refractivity contribution in [3.63, 3.8) is 0 Å². The van der Waals surface area contributed by atoms with Gasteiger partial charge in [0.1, 0.15) is 17.4 Å². The highest BCUT2D eigenvalue weighted by Crippen LogP contribution is 2.11. The first-order chi connectivity index (χ1) is 7.72. The molecule has 0 amide bonds. The van der Waals surface area contributed by atoms with E-state index in [-0.39, 0.29) is 11.7 Å². The van der Waals surface area contributed by atoms with Gasteiger partial charge >= 0.3 is 0 Å². The highest BCUT2D eigenvalue weighted by atomic mass is 19.1. The Balaban J connectivity index is 2.14. The number of hydrogen-bond acceptors (Lipinski definition) is 3. The van der Waals surface area contributed by atoms with Gasteiger partial charge in [-0.25, -0.2) is 4.39 Å². The van der Waals surface area contributed by atoms with Crippen LogP contribution in [0.3, 0.4) is 0 Å². The van der Waals surface area contributed by atoms with Crippen molar-refractivity contribution in [2.24, 2.45) is 10.9 Å². The first kappa shape index (κ1) is 12.3. The molecule has 0 aliphatic rings. The molecule has 0 aliphatic heterocycles. The molecule has 0 bridgehead atoms. The largest absolute Gasteiger partial charge is 0.494 e. The molecule has 0 heterocycles. The molecular weight excluding hydrogens is 211 g/mol. The van der Waals surface area contributed by atoms with Crippen LogP contribution in [0.2, 0.25) is 0 Å². The summed E-state index contributed by atoms with van der Waals surface area (Å²) in [5.74, 6) is 0.589. The Kier molecular flexibility index (Phi) is 5.11. The lowest BCUT2D eigenvalue weighted by Crippen LogP contribution is -2.11. The third-order valence-electron chi connectivity index (χ3n) is 2.04. The van der Waals surface area contributed by atoms with Gasteiger partial charge in [-0.3, -0.25) is 0 Å². The van der Waals surface area contributed by atoms with Crippen LogP contribution in [0.15, 0.2) is 29.4 Å². The SMILES string of the molecule is NC(CCCCOc1ccc(F)cc1)=NO. The molecule has 0 aromatic heterocycles. The maximum atomic E-state index is 12.6. The van der Waals surface area contributed by atoms with Crippen molar-refractivity contribution in [3.05, 3.63) is 30.1 Å². The minimum Gasteiger partial charge on any atom is -0.494 e. The second kappa shape index (κ2) is 6.66. The van der Waals surface area contributed by atoms with E-state index < -0.39 is 0 Å². The van der Waals surface area contributed by atoms with E-state index in [2.05, 4.69) is 5.16 Å². The summed E-state index contributed by atoms with van der Waals surface area (Å²) in [6.45, 7) is 0.532. The molecule has 1 aromatic rings. The van der Waals surface area contributed by atoms with Crippen LogP contribution in [0.4, 0.5) is 4.39 Å². The molecule has 5 heteroatoms. The van der Waals surface area contributed by atoms with E-state index in [4.69, 9.17) is 15.7 Å². The summed E-state index contributed by atoms with van der Waals surface area (Å²) in [4.78, 5) is 0. The zero-order chi connectivity index (χ0) is 11.8. The van der Waals surface area contributed by atoms with Crippen LogP contribution in [0.1, 0.15) is 19.3 Å². The van der Waals surface area contributed by atoms with Crippen molar-refractivity contribution in [2.75, 3.05) is 6.61 Å². The normalized spacial score (nSPS) is 11.4. The average Bonchev–Trinajstić information content (AvgIpc) is 2.31. The standard InChI is InChI=1S/C11H15FN2O2/c12-9-4-6-10(7-5-9)16-8-2-1-3-11(13)14-15/h4-7,15H,1-3,8H2,(H2,13,14). The van der Waals surface area contributed by atoms with Gasteiger partial charge < -0.3 is 15.7 Å². The summed E-state index contributed by atoms with van der Waals surface area (Å²) in [5.41, 5.74) is 5.30. The zero-order valence-electron chi connectivity index (χ0n) is 8.90. The van der Waals surface area contributed by atoms with E-state index in [1.54, 1.807) is 12.1 Å². The fourth-order valence-electron chi connectivity index (χ4n) is 1.18. The van der Waals surface area contributed by atoms with Crippen LogP contribution in [-0.2, 0) is 0 Å². The van der Waals surface area contributed by atoms with E-state index in [0.717, 1.165) is 12.8 Å². The molecule has 16 heavy (non-hydrogen) atoms. The summed E-state index contributed by atoms with van der Waals surface area (Å²) in [7, 11) is 0. The monoisotopic (exact) mass is 226 g/mol. The van der Waals surface area contributed by atoms with Crippen molar-refractivity contribution >= 4 is 5.84 Å². The predicted octanol–water partition coefficient (Wildman–Crippen LogP) is 2.12. The van der Waals surface area contributed by atoms with Crippen molar-refractivity contribution in [1.82, 2.24) is 0 Å². The molecule has 0 saturated carbocycles. The highest BCUT2D eigenvalue weighted by molar-refractivity contribution is 5.79. The number of amidine groups is 1. The molecule has 0 fully saturated rings. The van der Waals surface area contributed by atoms with Gasteiger partial charge in [0.05, 0.1) is 6.61 Å². The van der Waals surface area contributed by atoms with E-state index in [0.29, 0.717) is 18.8 Å². The Hall–Kier alpha value is -1.78. The summed E-state index contributed by atoms with van der Waals surface area (Å²) in [6, 6.07) is 5.87. The number of hydrogen-bond donors (Lipinski definition) is 2. The molecule has 88 valence electrons. The summed E-state index contributed by atoms with van der Waals surface area (Å²) < 4.78 is 17.9. The molecule has 3 N–H and O–H groups in total. The van der Waals surface area contributed by atoms with Crippen LogP contribution in [-0.4, -0.2) is 17.6 Å². The lowest BCUT2D eigenvalue weighted by atomic mass is 10.2. The lowest BCUT2D eigenvalue weighted by molar-refractivity contribution is 0.304. The second-order valence-corrected chi connectivity index (χ2v) is 3.35. The maximum Gasteiger partial charge on any atom is 0.139 e. The van der Waals surface area contributed by atoms with Gasteiger partial charge in [-0.1, -0.05) is 5.16 Å². The highest BCUT2D eigenvalue weighted by Gasteiger charge is 1.96. The molecule has 1 rings (SSSR count). The summed E-state index contributed by atoms with van der Waals surface area (Å²) in [5, 5.41) is 11.2. The second-order valence-electron chi connectivity index (χ2n) is 3.35. The Labute approximate surface area is 93.5 Å². The average molecular weight is 226 g/mol. The number of nitrogens with two attached hydrogens (primary N) is 1. The first-order valence-electron chi connectivity index (χ1n) is 5.07. The smallest absolute Gasteiger partial charge is 0.139 e. The van der Waals surface area contributed by atoms with Crippen molar-refractivity contribution in [2.45, 2.75) is 19.3 Å². The number of oxime groups is 1. The number of halogens is 1. The van der Waals surface area contributed by atoms with Crippen LogP contribution >= 0.6 is 0 Å². The minimum absolute atomic E-state index is 0.224. The van der Waals surface area contributed by atoms with Gasteiger partial charge in [-0.15, -0.1) is 0 Å². The molecule has 0 aliphatic carbocycles. The molecule has 1 aromatic carbocycles. The van der Waals surface area contributed by atoms with Crippen molar-refractivity contribution in [1.29, 1.82) is 0 Å². The Morgan fingerprint density at radius 2 is 2.00 bits per heavy atom. The molecule has 4 nitrogen and oxygen atoms in total. The van der Waals surface area contributed by atoms with Crippen LogP contribution in [0, 0.1) is 5.82 Å². The first-order valence-corrected chi connectivity index (χ1v) is 5.07. The van der Waals surface area contributed by atoms with Crippen molar-refractivity contribution < 1.29 is 14.3 Å². The minimum atomic E-state index is -0.278. The van der Waals surface area contributed by atoms with E-state index in [1.165, 1.54) is 12.1 Å². The molecule has 0 spiro atoms. The van der Waals surface area contributed by atoms with Gasteiger partial charge in [-0.2, -0.15) is 0 Å². The van der Waals surface area contributed by atoms with Gasteiger partial charge in [-0.05, 0) is 37.1 Å².